The molecule has 0 atom stereocenters. The number of phenols is 1. The number of amides is 1. The molecular weight excluding hydrogens is 230 g/mol. The molecule has 18 heavy (non-hydrogen) atoms. The van der Waals surface area contributed by atoms with Gasteiger partial charge in [-0.2, -0.15) is 0 Å². The first kappa shape index (κ1) is 12.9. The molecule has 1 amide bonds. The minimum atomic E-state index is -0.243. The lowest BCUT2D eigenvalue weighted by Gasteiger charge is -2.34. The summed E-state index contributed by atoms with van der Waals surface area (Å²) in [5.41, 5.74) is 1.02. The van der Waals surface area contributed by atoms with E-state index in [1.807, 2.05) is 19.9 Å². The second-order valence-electron chi connectivity index (χ2n) is 5.15. The average Bonchev–Trinajstić information content (AvgIpc) is 2.28. The zero-order valence-electron chi connectivity index (χ0n) is 10.8. The maximum absolute atomic E-state index is 12.1. The molecule has 2 N–H and O–H groups in total. The molecule has 0 saturated carbocycles. The van der Waals surface area contributed by atoms with Gasteiger partial charge in [0.1, 0.15) is 5.75 Å². The van der Waals surface area contributed by atoms with Crippen LogP contribution < -0.4 is 5.32 Å². The first-order valence-corrected chi connectivity index (χ1v) is 6.20. The minimum absolute atomic E-state index is 0.0307. The SMILES string of the molecule is Cc1ccc(C(=O)NC2(C)CCOCC2)c(O)c1. The van der Waals surface area contributed by atoms with Crippen molar-refractivity contribution < 1.29 is 14.6 Å². The Kier molecular flexibility index (Phi) is 3.57. The van der Waals surface area contributed by atoms with Crippen LogP contribution in [0.15, 0.2) is 18.2 Å². The molecule has 4 nitrogen and oxygen atoms in total. The molecule has 1 aliphatic rings. The molecule has 1 aliphatic heterocycles. The van der Waals surface area contributed by atoms with Crippen molar-refractivity contribution in [1.29, 1.82) is 0 Å². The largest absolute Gasteiger partial charge is 0.507 e. The van der Waals surface area contributed by atoms with Gasteiger partial charge in [0, 0.05) is 18.8 Å². The number of hydrogen-bond acceptors (Lipinski definition) is 3. The highest BCUT2D eigenvalue weighted by Gasteiger charge is 2.29. The van der Waals surface area contributed by atoms with E-state index in [-0.39, 0.29) is 17.2 Å². The van der Waals surface area contributed by atoms with Crippen LogP contribution in [0, 0.1) is 6.92 Å². The Labute approximate surface area is 107 Å². The van der Waals surface area contributed by atoms with E-state index in [1.165, 1.54) is 0 Å². The standard InChI is InChI=1S/C14H19NO3/c1-10-3-4-11(12(16)9-10)13(17)15-14(2)5-7-18-8-6-14/h3-4,9,16H,5-8H2,1-2H3,(H,15,17). The number of carbonyl (C=O) groups is 1. The van der Waals surface area contributed by atoms with Crippen LogP contribution >= 0.6 is 0 Å². The Morgan fingerprint density at radius 1 is 1.39 bits per heavy atom. The zero-order valence-corrected chi connectivity index (χ0v) is 10.8. The number of nitrogens with one attached hydrogen (secondary N) is 1. The smallest absolute Gasteiger partial charge is 0.255 e. The van der Waals surface area contributed by atoms with Crippen LogP contribution in [-0.4, -0.2) is 29.8 Å². The molecule has 1 heterocycles. The van der Waals surface area contributed by atoms with Crippen molar-refractivity contribution >= 4 is 5.91 Å². The summed E-state index contributed by atoms with van der Waals surface area (Å²) in [6, 6.07) is 5.07. The van der Waals surface area contributed by atoms with Gasteiger partial charge in [0.05, 0.1) is 5.56 Å². The summed E-state index contributed by atoms with van der Waals surface area (Å²) in [5.74, 6) is -0.194. The van der Waals surface area contributed by atoms with Gasteiger partial charge in [-0.3, -0.25) is 4.79 Å². The van der Waals surface area contributed by atoms with E-state index in [0.29, 0.717) is 18.8 Å². The Hall–Kier alpha value is -1.55. The molecule has 0 radical (unpaired) electrons. The number of aromatic hydroxyl groups is 1. The van der Waals surface area contributed by atoms with Crippen molar-refractivity contribution in [3.63, 3.8) is 0 Å². The summed E-state index contributed by atoms with van der Waals surface area (Å²) in [5, 5.41) is 12.8. The number of phenolic OH excluding ortho intramolecular Hbond substituents is 1. The first-order valence-electron chi connectivity index (χ1n) is 6.20. The molecular formula is C14H19NO3. The zero-order chi connectivity index (χ0) is 13.2. The summed E-state index contributed by atoms with van der Waals surface area (Å²) in [6.45, 7) is 5.22. The van der Waals surface area contributed by atoms with E-state index < -0.39 is 0 Å². The van der Waals surface area contributed by atoms with Gasteiger partial charge in [0.25, 0.3) is 5.91 Å². The van der Waals surface area contributed by atoms with Crippen LogP contribution in [-0.2, 0) is 4.74 Å². The fourth-order valence-electron chi connectivity index (χ4n) is 2.12. The van der Waals surface area contributed by atoms with Crippen LogP contribution in [0.2, 0.25) is 0 Å². The fraction of sp³-hybridized carbons (Fsp3) is 0.500. The lowest BCUT2D eigenvalue weighted by Crippen LogP contribution is -2.49. The van der Waals surface area contributed by atoms with Crippen LogP contribution in [0.1, 0.15) is 35.7 Å². The topological polar surface area (TPSA) is 58.6 Å². The average molecular weight is 249 g/mol. The molecule has 0 bridgehead atoms. The number of aryl methyl sites for hydroxylation is 1. The molecule has 1 aromatic rings. The predicted molar refractivity (Wildman–Crippen MR) is 68.8 cm³/mol. The van der Waals surface area contributed by atoms with E-state index in [9.17, 15) is 9.90 Å². The number of carbonyl (C=O) groups excluding carboxylic acids is 1. The molecule has 0 spiro atoms. The monoisotopic (exact) mass is 249 g/mol. The van der Waals surface area contributed by atoms with Crippen molar-refractivity contribution in [2.24, 2.45) is 0 Å². The molecule has 0 aromatic heterocycles. The molecule has 0 aliphatic carbocycles. The quantitative estimate of drug-likeness (QED) is 0.842. The molecule has 98 valence electrons. The third kappa shape index (κ3) is 2.82. The normalized spacial score (nSPS) is 18.3. The molecule has 0 unspecified atom stereocenters. The van der Waals surface area contributed by atoms with Crippen LogP contribution in [0.5, 0.6) is 5.75 Å². The molecule has 4 heteroatoms. The van der Waals surface area contributed by atoms with E-state index in [4.69, 9.17) is 4.74 Å². The summed E-state index contributed by atoms with van der Waals surface area (Å²) < 4.78 is 5.29. The van der Waals surface area contributed by atoms with Crippen molar-refractivity contribution in [1.82, 2.24) is 5.32 Å². The number of benzene rings is 1. The van der Waals surface area contributed by atoms with Crippen molar-refractivity contribution in [2.75, 3.05) is 13.2 Å². The van der Waals surface area contributed by atoms with Gasteiger partial charge >= 0.3 is 0 Å². The Morgan fingerprint density at radius 2 is 2.06 bits per heavy atom. The van der Waals surface area contributed by atoms with Crippen LogP contribution in [0.4, 0.5) is 0 Å². The third-order valence-electron chi connectivity index (χ3n) is 3.41. The molecule has 1 saturated heterocycles. The highest BCUT2D eigenvalue weighted by atomic mass is 16.5. The maximum atomic E-state index is 12.1. The lowest BCUT2D eigenvalue weighted by molar-refractivity contribution is 0.0422. The lowest BCUT2D eigenvalue weighted by atomic mass is 9.92. The highest BCUT2D eigenvalue weighted by molar-refractivity contribution is 5.97. The van der Waals surface area contributed by atoms with Gasteiger partial charge in [-0.05, 0) is 44.4 Å². The maximum Gasteiger partial charge on any atom is 0.255 e. The van der Waals surface area contributed by atoms with Gasteiger partial charge in [-0.1, -0.05) is 6.07 Å². The number of rotatable bonds is 2. The van der Waals surface area contributed by atoms with E-state index >= 15 is 0 Å². The fourth-order valence-corrected chi connectivity index (χ4v) is 2.12. The highest BCUT2D eigenvalue weighted by Crippen LogP contribution is 2.23. The van der Waals surface area contributed by atoms with Gasteiger partial charge < -0.3 is 15.2 Å². The van der Waals surface area contributed by atoms with E-state index in [2.05, 4.69) is 5.32 Å². The predicted octanol–water partition coefficient (Wildman–Crippen LogP) is 2.00. The van der Waals surface area contributed by atoms with Gasteiger partial charge in [0.2, 0.25) is 0 Å². The summed E-state index contributed by atoms with van der Waals surface area (Å²) in [7, 11) is 0. The molecule has 1 aromatic carbocycles. The second kappa shape index (κ2) is 4.98. The van der Waals surface area contributed by atoms with Gasteiger partial charge in [-0.15, -0.1) is 0 Å². The second-order valence-corrected chi connectivity index (χ2v) is 5.15. The summed E-state index contributed by atoms with van der Waals surface area (Å²) >= 11 is 0. The Balaban J connectivity index is 2.11. The van der Waals surface area contributed by atoms with E-state index in [0.717, 1.165) is 18.4 Å². The van der Waals surface area contributed by atoms with E-state index in [1.54, 1.807) is 12.1 Å². The third-order valence-corrected chi connectivity index (χ3v) is 3.41. The van der Waals surface area contributed by atoms with Gasteiger partial charge in [-0.25, -0.2) is 0 Å². The summed E-state index contributed by atoms with van der Waals surface area (Å²) in [4.78, 5) is 12.1. The van der Waals surface area contributed by atoms with Crippen molar-refractivity contribution in [3.05, 3.63) is 29.3 Å². The number of ether oxygens (including phenoxy) is 1. The first-order chi connectivity index (χ1) is 8.50. The van der Waals surface area contributed by atoms with Gasteiger partial charge in [0.15, 0.2) is 0 Å². The number of hydrogen-bond donors (Lipinski definition) is 2. The molecule has 2 rings (SSSR count). The van der Waals surface area contributed by atoms with Crippen molar-refractivity contribution in [3.8, 4) is 5.75 Å². The Bertz CT molecular complexity index is 450. The Morgan fingerprint density at radius 3 is 2.67 bits per heavy atom. The molecule has 1 fully saturated rings. The van der Waals surface area contributed by atoms with Crippen LogP contribution in [0.25, 0.3) is 0 Å². The summed E-state index contributed by atoms with van der Waals surface area (Å²) in [6.07, 6.45) is 1.59. The van der Waals surface area contributed by atoms with Crippen LogP contribution in [0.3, 0.4) is 0 Å². The minimum Gasteiger partial charge on any atom is -0.507 e. The van der Waals surface area contributed by atoms with Crippen molar-refractivity contribution in [2.45, 2.75) is 32.2 Å².